The molecule has 0 atom stereocenters. The zero-order valence-corrected chi connectivity index (χ0v) is 12.7. The van der Waals surface area contributed by atoms with Gasteiger partial charge >= 0.3 is 5.97 Å². The van der Waals surface area contributed by atoms with Gasteiger partial charge in [-0.25, -0.2) is 13.2 Å². The molecule has 1 rings (SSSR count). The van der Waals surface area contributed by atoms with Gasteiger partial charge in [-0.15, -0.1) is 0 Å². The van der Waals surface area contributed by atoms with Crippen LogP contribution in [0, 0.1) is 17.5 Å². The van der Waals surface area contributed by atoms with Gasteiger partial charge in [-0.1, -0.05) is 0 Å². The first-order valence-electron chi connectivity index (χ1n) is 6.89. The molecule has 0 radical (unpaired) electrons. The van der Waals surface area contributed by atoms with Crippen molar-refractivity contribution in [2.24, 2.45) is 0 Å². The maximum atomic E-state index is 13.7. The Kier molecular flexibility index (Phi) is 6.39. The lowest BCUT2D eigenvalue weighted by atomic mass is 10.1. The Morgan fingerprint density at radius 1 is 1.18 bits per heavy atom. The molecule has 0 bridgehead atoms. The summed E-state index contributed by atoms with van der Waals surface area (Å²) in [6, 6.07) is 1.22. The molecule has 0 aliphatic carbocycles. The second-order valence-electron chi connectivity index (χ2n) is 4.87. The molecule has 22 heavy (non-hydrogen) atoms. The van der Waals surface area contributed by atoms with Crippen molar-refractivity contribution < 1.29 is 27.5 Å². The number of benzene rings is 1. The summed E-state index contributed by atoms with van der Waals surface area (Å²) < 4.78 is 44.6. The van der Waals surface area contributed by atoms with E-state index in [4.69, 9.17) is 4.74 Å². The molecule has 122 valence electrons. The first kappa shape index (κ1) is 18.0. The second kappa shape index (κ2) is 7.82. The highest BCUT2D eigenvalue weighted by Crippen LogP contribution is 2.18. The van der Waals surface area contributed by atoms with Crippen molar-refractivity contribution in [3.63, 3.8) is 0 Å². The average molecular weight is 317 g/mol. The molecule has 0 heterocycles. The van der Waals surface area contributed by atoms with Gasteiger partial charge in [0, 0.05) is 12.6 Å². The van der Waals surface area contributed by atoms with Crippen molar-refractivity contribution in [3.8, 4) is 0 Å². The third kappa shape index (κ3) is 4.22. The number of carbonyl (C=O) groups is 2. The van der Waals surface area contributed by atoms with E-state index in [1.165, 1.54) is 4.90 Å². The molecule has 1 aromatic carbocycles. The van der Waals surface area contributed by atoms with E-state index in [1.807, 2.05) is 0 Å². The van der Waals surface area contributed by atoms with Crippen LogP contribution in [0.15, 0.2) is 12.1 Å². The highest BCUT2D eigenvalue weighted by Gasteiger charge is 2.25. The predicted octanol–water partition coefficient (Wildman–Crippen LogP) is 2.91. The van der Waals surface area contributed by atoms with Crippen LogP contribution in [0.4, 0.5) is 13.2 Å². The first-order valence-corrected chi connectivity index (χ1v) is 6.89. The van der Waals surface area contributed by atoms with E-state index in [0.29, 0.717) is 6.07 Å². The molecule has 1 amide bonds. The molecule has 1 aromatic rings. The van der Waals surface area contributed by atoms with Crippen molar-refractivity contribution in [3.05, 3.63) is 35.1 Å². The van der Waals surface area contributed by atoms with Crippen molar-refractivity contribution in [2.75, 3.05) is 13.2 Å². The van der Waals surface area contributed by atoms with Crippen LogP contribution >= 0.6 is 0 Å². The standard InChI is InChI=1S/C15H18F3NO3/c1-4-22-12(20)7-8-19(9(2)3)15(21)10-5-6-11(16)14(18)13(10)17/h5-6,9H,4,7-8H2,1-3H3. The monoisotopic (exact) mass is 317 g/mol. The molecule has 0 N–H and O–H groups in total. The normalized spacial score (nSPS) is 10.7. The Morgan fingerprint density at radius 2 is 1.82 bits per heavy atom. The topological polar surface area (TPSA) is 46.6 Å². The fraction of sp³-hybridized carbons (Fsp3) is 0.467. The lowest BCUT2D eigenvalue weighted by Crippen LogP contribution is -2.39. The van der Waals surface area contributed by atoms with E-state index in [9.17, 15) is 22.8 Å². The number of hydrogen-bond acceptors (Lipinski definition) is 3. The van der Waals surface area contributed by atoms with E-state index < -0.39 is 34.9 Å². The Labute approximate surface area is 126 Å². The Morgan fingerprint density at radius 3 is 2.36 bits per heavy atom. The third-order valence-corrected chi connectivity index (χ3v) is 3.01. The molecule has 0 saturated heterocycles. The summed E-state index contributed by atoms with van der Waals surface area (Å²) in [4.78, 5) is 24.8. The molecule has 0 aliphatic heterocycles. The van der Waals surface area contributed by atoms with Crippen LogP contribution in [0.5, 0.6) is 0 Å². The highest BCUT2D eigenvalue weighted by molar-refractivity contribution is 5.95. The zero-order valence-electron chi connectivity index (χ0n) is 12.7. The summed E-state index contributed by atoms with van der Waals surface area (Å²) in [6.45, 7) is 5.20. The minimum Gasteiger partial charge on any atom is -0.466 e. The van der Waals surface area contributed by atoms with Gasteiger partial charge in [0.05, 0.1) is 18.6 Å². The van der Waals surface area contributed by atoms with Gasteiger partial charge in [0.1, 0.15) is 0 Å². The van der Waals surface area contributed by atoms with Crippen molar-refractivity contribution >= 4 is 11.9 Å². The third-order valence-electron chi connectivity index (χ3n) is 3.01. The lowest BCUT2D eigenvalue weighted by molar-refractivity contribution is -0.143. The van der Waals surface area contributed by atoms with E-state index >= 15 is 0 Å². The van der Waals surface area contributed by atoms with Crippen LogP contribution in [-0.2, 0) is 9.53 Å². The molecule has 4 nitrogen and oxygen atoms in total. The van der Waals surface area contributed by atoms with E-state index in [-0.39, 0.29) is 25.6 Å². The fourth-order valence-corrected chi connectivity index (χ4v) is 1.88. The Bertz CT molecular complexity index is 561. The van der Waals surface area contributed by atoms with Gasteiger partial charge in [-0.3, -0.25) is 9.59 Å². The highest BCUT2D eigenvalue weighted by atomic mass is 19.2. The second-order valence-corrected chi connectivity index (χ2v) is 4.87. The van der Waals surface area contributed by atoms with Crippen LogP contribution < -0.4 is 0 Å². The number of ether oxygens (including phenoxy) is 1. The summed E-state index contributed by atoms with van der Waals surface area (Å²) in [6.07, 6.45) is -0.0664. The lowest BCUT2D eigenvalue weighted by Gasteiger charge is -2.26. The molecular formula is C15H18F3NO3. The minimum atomic E-state index is -1.69. The van der Waals surface area contributed by atoms with Gasteiger partial charge in [-0.2, -0.15) is 0 Å². The predicted molar refractivity (Wildman–Crippen MR) is 73.7 cm³/mol. The number of esters is 1. The zero-order chi connectivity index (χ0) is 16.9. The van der Waals surface area contributed by atoms with Crippen molar-refractivity contribution in [1.29, 1.82) is 0 Å². The summed E-state index contributed by atoms with van der Waals surface area (Å²) in [5.74, 6) is -5.90. The summed E-state index contributed by atoms with van der Waals surface area (Å²) in [5, 5.41) is 0. The van der Waals surface area contributed by atoms with Crippen LogP contribution in [-0.4, -0.2) is 36.0 Å². The molecule has 0 spiro atoms. The smallest absolute Gasteiger partial charge is 0.307 e. The van der Waals surface area contributed by atoms with E-state index in [0.717, 1.165) is 6.07 Å². The molecule has 0 aromatic heterocycles. The van der Waals surface area contributed by atoms with Crippen molar-refractivity contribution in [1.82, 2.24) is 4.90 Å². The molecule has 0 saturated carbocycles. The fourth-order valence-electron chi connectivity index (χ4n) is 1.88. The number of nitrogens with zero attached hydrogens (tertiary/aromatic N) is 1. The molecule has 0 aliphatic rings. The first-order chi connectivity index (χ1) is 10.3. The Balaban J connectivity index is 2.95. The summed E-state index contributed by atoms with van der Waals surface area (Å²) in [5.41, 5.74) is -0.573. The quantitative estimate of drug-likeness (QED) is 0.599. The molecule has 7 heteroatoms. The molecular weight excluding hydrogens is 299 g/mol. The van der Waals surface area contributed by atoms with Crippen molar-refractivity contribution in [2.45, 2.75) is 33.2 Å². The van der Waals surface area contributed by atoms with Crippen LogP contribution in [0.3, 0.4) is 0 Å². The maximum Gasteiger partial charge on any atom is 0.307 e. The number of hydrogen-bond donors (Lipinski definition) is 0. The summed E-state index contributed by atoms with van der Waals surface area (Å²) in [7, 11) is 0. The molecule has 0 unspecified atom stereocenters. The summed E-state index contributed by atoms with van der Waals surface area (Å²) >= 11 is 0. The largest absolute Gasteiger partial charge is 0.466 e. The minimum absolute atomic E-state index is 0.00618. The van der Waals surface area contributed by atoms with Gasteiger partial charge in [-0.05, 0) is 32.9 Å². The SMILES string of the molecule is CCOC(=O)CCN(C(=O)c1ccc(F)c(F)c1F)C(C)C. The maximum absolute atomic E-state index is 13.7. The van der Waals surface area contributed by atoms with Crippen LogP contribution in [0.25, 0.3) is 0 Å². The number of amides is 1. The van der Waals surface area contributed by atoms with Gasteiger partial charge in [0.2, 0.25) is 0 Å². The van der Waals surface area contributed by atoms with Gasteiger partial charge in [0.15, 0.2) is 17.5 Å². The van der Waals surface area contributed by atoms with Gasteiger partial charge < -0.3 is 9.64 Å². The van der Waals surface area contributed by atoms with Crippen LogP contribution in [0.2, 0.25) is 0 Å². The Hall–Kier alpha value is -2.05. The van der Waals surface area contributed by atoms with Gasteiger partial charge in [0.25, 0.3) is 5.91 Å². The number of carbonyl (C=O) groups excluding carboxylic acids is 2. The van der Waals surface area contributed by atoms with Crippen LogP contribution in [0.1, 0.15) is 37.6 Å². The van der Waals surface area contributed by atoms with E-state index in [1.54, 1.807) is 20.8 Å². The number of rotatable bonds is 6. The molecule has 0 fully saturated rings. The van der Waals surface area contributed by atoms with E-state index in [2.05, 4.69) is 0 Å². The number of halogens is 3. The average Bonchev–Trinajstić information content (AvgIpc) is 2.45.